The van der Waals surface area contributed by atoms with E-state index in [-0.39, 0.29) is 17.7 Å². The average molecular weight is 365 g/mol. The SMILES string of the molecule is CC(C)c1nnc2ccc(N3CCC[C@H](C(=O)Nc4cccnc4)C3)nn12. The molecule has 0 unspecified atom stereocenters. The maximum Gasteiger partial charge on any atom is 0.229 e. The average Bonchev–Trinajstić information content (AvgIpc) is 3.12. The standard InChI is InChI=1S/C19H23N7O/c1-13(2)18-23-22-16-7-8-17(24-26(16)18)25-10-4-5-14(12-25)19(27)21-15-6-3-9-20-11-15/h3,6-9,11,13-14H,4-5,10,12H2,1-2H3,(H,21,27)/t14-/m0/s1. The molecule has 3 aromatic heterocycles. The van der Waals surface area contributed by atoms with Gasteiger partial charge in [0.2, 0.25) is 5.91 Å². The van der Waals surface area contributed by atoms with Gasteiger partial charge < -0.3 is 10.2 Å². The molecular formula is C19H23N7O. The maximum atomic E-state index is 12.6. The third kappa shape index (κ3) is 3.60. The molecule has 0 bridgehead atoms. The number of carbonyl (C=O) groups excluding carboxylic acids is 1. The van der Waals surface area contributed by atoms with Crippen molar-refractivity contribution < 1.29 is 4.79 Å². The summed E-state index contributed by atoms with van der Waals surface area (Å²) in [5.74, 6) is 1.88. The van der Waals surface area contributed by atoms with Gasteiger partial charge in [0.1, 0.15) is 5.82 Å². The quantitative estimate of drug-likeness (QED) is 0.764. The Morgan fingerprint density at radius 3 is 2.93 bits per heavy atom. The summed E-state index contributed by atoms with van der Waals surface area (Å²) in [5.41, 5.74) is 1.47. The molecule has 0 aromatic carbocycles. The zero-order chi connectivity index (χ0) is 18.8. The summed E-state index contributed by atoms with van der Waals surface area (Å²) in [6, 6.07) is 7.55. The minimum Gasteiger partial charge on any atom is -0.354 e. The van der Waals surface area contributed by atoms with E-state index in [1.54, 1.807) is 16.9 Å². The first kappa shape index (κ1) is 17.4. The van der Waals surface area contributed by atoms with E-state index in [0.717, 1.165) is 42.4 Å². The molecule has 1 N–H and O–H groups in total. The van der Waals surface area contributed by atoms with Crippen LogP contribution in [0, 0.1) is 5.92 Å². The Hall–Kier alpha value is -3.03. The highest BCUT2D eigenvalue weighted by Crippen LogP contribution is 2.24. The smallest absolute Gasteiger partial charge is 0.229 e. The second kappa shape index (κ2) is 7.30. The first-order valence-electron chi connectivity index (χ1n) is 9.30. The van der Waals surface area contributed by atoms with E-state index in [0.29, 0.717) is 6.54 Å². The van der Waals surface area contributed by atoms with Crippen LogP contribution in [0.15, 0.2) is 36.7 Å². The molecule has 1 aliphatic rings. The van der Waals surface area contributed by atoms with Gasteiger partial charge in [-0.15, -0.1) is 15.3 Å². The van der Waals surface area contributed by atoms with Crippen molar-refractivity contribution in [2.75, 3.05) is 23.3 Å². The summed E-state index contributed by atoms with van der Waals surface area (Å²) in [5, 5.41) is 16.1. The number of fused-ring (bicyclic) bond motifs is 1. The molecule has 0 saturated carbocycles. The summed E-state index contributed by atoms with van der Waals surface area (Å²) in [6.07, 6.45) is 5.17. The van der Waals surface area contributed by atoms with Crippen LogP contribution < -0.4 is 10.2 Å². The Balaban J connectivity index is 1.51. The molecule has 1 fully saturated rings. The Bertz CT molecular complexity index is 938. The number of rotatable bonds is 4. The highest BCUT2D eigenvalue weighted by Gasteiger charge is 2.27. The van der Waals surface area contributed by atoms with Crippen LogP contribution in [0.2, 0.25) is 0 Å². The van der Waals surface area contributed by atoms with Gasteiger partial charge >= 0.3 is 0 Å². The number of hydrogen-bond donors (Lipinski definition) is 1. The van der Waals surface area contributed by atoms with Gasteiger partial charge in [0, 0.05) is 25.2 Å². The number of piperidine rings is 1. The highest BCUT2D eigenvalue weighted by atomic mass is 16.1. The number of carbonyl (C=O) groups is 1. The van der Waals surface area contributed by atoms with E-state index in [9.17, 15) is 4.79 Å². The van der Waals surface area contributed by atoms with Crippen LogP contribution in [-0.4, -0.2) is 43.8 Å². The number of hydrogen-bond acceptors (Lipinski definition) is 6. The van der Waals surface area contributed by atoms with Crippen LogP contribution >= 0.6 is 0 Å². The van der Waals surface area contributed by atoms with Crippen LogP contribution in [0.4, 0.5) is 11.5 Å². The number of nitrogens with zero attached hydrogens (tertiary/aromatic N) is 6. The summed E-state index contributed by atoms with van der Waals surface area (Å²) in [7, 11) is 0. The Morgan fingerprint density at radius 2 is 2.15 bits per heavy atom. The lowest BCUT2D eigenvalue weighted by Gasteiger charge is -2.32. The van der Waals surface area contributed by atoms with Crippen molar-refractivity contribution in [3.05, 3.63) is 42.5 Å². The topological polar surface area (TPSA) is 88.3 Å². The molecule has 4 heterocycles. The van der Waals surface area contributed by atoms with E-state index >= 15 is 0 Å². The van der Waals surface area contributed by atoms with Crippen LogP contribution in [0.1, 0.15) is 38.4 Å². The van der Waals surface area contributed by atoms with Crippen LogP contribution in [0.5, 0.6) is 0 Å². The van der Waals surface area contributed by atoms with Crippen LogP contribution in [0.25, 0.3) is 5.65 Å². The number of amides is 1. The monoisotopic (exact) mass is 365 g/mol. The predicted molar refractivity (Wildman–Crippen MR) is 103 cm³/mol. The molecule has 1 saturated heterocycles. The summed E-state index contributed by atoms with van der Waals surface area (Å²) in [6.45, 7) is 5.67. The van der Waals surface area contributed by atoms with E-state index in [4.69, 9.17) is 5.10 Å². The summed E-state index contributed by atoms with van der Waals surface area (Å²) >= 11 is 0. The van der Waals surface area contributed by atoms with Crippen molar-refractivity contribution in [3.63, 3.8) is 0 Å². The molecule has 1 amide bonds. The van der Waals surface area contributed by atoms with Crippen molar-refractivity contribution in [1.82, 2.24) is 24.8 Å². The van der Waals surface area contributed by atoms with E-state index in [1.165, 1.54) is 0 Å². The molecule has 4 rings (SSSR count). The fourth-order valence-electron chi connectivity index (χ4n) is 3.40. The largest absolute Gasteiger partial charge is 0.354 e. The van der Waals surface area contributed by atoms with E-state index in [1.807, 2.05) is 24.3 Å². The van der Waals surface area contributed by atoms with E-state index in [2.05, 4.69) is 39.2 Å². The molecule has 3 aromatic rings. The molecule has 8 heteroatoms. The highest BCUT2D eigenvalue weighted by molar-refractivity contribution is 5.92. The molecule has 1 atom stereocenters. The minimum atomic E-state index is -0.0815. The van der Waals surface area contributed by atoms with Gasteiger partial charge in [0.25, 0.3) is 0 Å². The van der Waals surface area contributed by atoms with Gasteiger partial charge in [0.15, 0.2) is 11.5 Å². The third-order valence-corrected chi connectivity index (χ3v) is 4.83. The predicted octanol–water partition coefficient (Wildman–Crippen LogP) is 2.50. The fourth-order valence-corrected chi connectivity index (χ4v) is 3.40. The van der Waals surface area contributed by atoms with Gasteiger partial charge in [-0.3, -0.25) is 9.78 Å². The molecule has 0 aliphatic carbocycles. The van der Waals surface area contributed by atoms with E-state index < -0.39 is 0 Å². The maximum absolute atomic E-state index is 12.6. The van der Waals surface area contributed by atoms with Crippen LogP contribution in [0.3, 0.4) is 0 Å². The van der Waals surface area contributed by atoms with Gasteiger partial charge in [-0.05, 0) is 37.1 Å². The summed E-state index contributed by atoms with van der Waals surface area (Å²) < 4.78 is 1.80. The molecular weight excluding hydrogens is 342 g/mol. The zero-order valence-electron chi connectivity index (χ0n) is 15.5. The minimum absolute atomic E-state index is 0.0287. The fraction of sp³-hybridized carbons (Fsp3) is 0.421. The van der Waals surface area contributed by atoms with Gasteiger partial charge in [-0.2, -0.15) is 4.52 Å². The van der Waals surface area contributed by atoms with Gasteiger partial charge in [-0.25, -0.2) is 0 Å². The first-order chi connectivity index (χ1) is 13.1. The molecule has 27 heavy (non-hydrogen) atoms. The van der Waals surface area contributed by atoms with Crippen molar-refractivity contribution in [2.24, 2.45) is 5.92 Å². The molecule has 0 radical (unpaired) electrons. The molecule has 0 spiro atoms. The van der Waals surface area contributed by atoms with Crippen molar-refractivity contribution >= 4 is 23.1 Å². The van der Waals surface area contributed by atoms with Crippen molar-refractivity contribution in [1.29, 1.82) is 0 Å². The van der Waals surface area contributed by atoms with Gasteiger partial charge in [0.05, 0.1) is 17.8 Å². The number of aromatic nitrogens is 5. The first-order valence-corrected chi connectivity index (χ1v) is 9.30. The lowest BCUT2D eigenvalue weighted by Crippen LogP contribution is -2.41. The second-order valence-electron chi connectivity index (χ2n) is 7.19. The molecule has 1 aliphatic heterocycles. The molecule has 8 nitrogen and oxygen atoms in total. The Morgan fingerprint density at radius 1 is 1.26 bits per heavy atom. The second-order valence-corrected chi connectivity index (χ2v) is 7.19. The third-order valence-electron chi connectivity index (χ3n) is 4.83. The number of nitrogens with one attached hydrogen (secondary N) is 1. The van der Waals surface area contributed by atoms with Crippen LogP contribution in [-0.2, 0) is 4.79 Å². The van der Waals surface area contributed by atoms with Crippen molar-refractivity contribution in [2.45, 2.75) is 32.6 Å². The zero-order valence-corrected chi connectivity index (χ0v) is 15.5. The Labute approximate surface area is 157 Å². The normalized spacial score (nSPS) is 17.4. The summed E-state index contributed by atoms with van der Waals surface area (Å²) in [4.78, 5) is 18.9. The number of anilines is 2. The van der Waals surface area contributed by atoms with Gasteiger partial charge in [-0.1, -0.05) is 13.8 Å². The number of pyridine rings is 1. The van der Waals surface area contributed by atoms with Crippen molar-refractivity contribution in [3.8, 4) is 0 Å². The lowest BCUT2D eigenvalue weighted by molar-refractivity contribution is -0.120. The lowest BCUT2D eigenvalue weighted by atomic mass is 9.97. The molecule has 140 valence electrons. The Kier molecular flexibility index (Phi) is 4.70.